The van der Waals surface area contributed by atoms with E-state index < -0.39 is 0 Å². The molecular formula is C10H12O2. The van der Waals surface area contributed by atoms with Crippen molar-refractivity contribution in [3.8, 4) is 5.75 Å². The van der Waals surface area contributed by atoms with Gasteiger partial charge in [-0.05, 0) is 24.6 Å². The van der Waals surface area contributed by atoms with E-state index in [4.69, 9.17) is 5.11 Å². The van der Waals surface area contributed by atoms with E-state index in [1.165, 1.54) is 0 Å². The minimum atomic E-state index is -0.146. The monoisotopic (exact) mass is 164 g/mol. The standard InChI is InChI=1S/C10H12O2/c1-7(2)8-3-4-10(12)9(5-8)6-11/h3-5,11-12H,1,6H2,2H3. The Balaban J connectivity index is 3.13. The Kier molecular flexibility index (Phi) is 2.51. The van der Waals surface area contributed by atoms with Crippen molar-refractivity contribution in [2.75, 3.05) is 0 Å². The topological polar surface area (TPSA) is 40.5 Å². The van der Waals surface area contributed by atoms with E-state index in [0.29, 0.717) is 5.56 Å². The van der Waals surface area contributed by atoms with Crippen LogP contribution in [0.2, 0.25) is 0 Å². The molecule has 64 valence electrons. The second-order valence-corrected chi connectivity index (χ2v) is 2.78. The number of aromatic hydroxyl groups is 1. The molecule has 0 spiro atoms. The Morgan fingerprint density at radius 2 is 2.17 bits per heavy atom. The highest BCUT2D eigenvalue weighted by Crippen LogP contribution is 2.21. The predicted octanol–water partition coefficient (Wildman–Crippen LogP) is 1.92. The van der Waals surface area contributed by atoms with Crippen molar-refractivity contribution >= 4 is 5.57 Å². The third kappa shape index (κ3) is 1.66. The quantitative estimate of drug-likeness (QED) is 0.701. The summed E-state index contributed by atoms with van der Waals surface area (Å²) in [6, 6.07) is 5.07. The lowest BCUT2D eigenvalue weighted by Crippen LogP contribution is -1.86. The summed E-state index contributed by atoms with van der Waals surface area (Å²) in [6.45, 7) is 5.50. The smallest absolute Gasteiger partial charge is 0.121 e. The number of benzene rings is 1. The Hall–Kier alpha value is -1.28. The molecule has 1 aromatic rings. The molecule has 2 nitrogen and oxygen atoms in total. The lowest BCUT2D eigenvalue weighted by atomic mass is 10.1. The first-order valence-corrected chi connectivity index (χ1v) is 3.73. The van der Waals surface area contributed by atoms with Gasteiger partial charge in [0.05, 0.1) is 6.61 Å². The van der Waals surface area contributed by atoms with Crippen LogP contribution in [0.3, 0.4) is 0 Å². The van der Waals surface area contributed by atoms with Crippen molar-refractivity contribution in [2.45, 2.75) is 13.5 Å². The number of aliphatic hydroxyl groups excluding tert-OH is 1. The molecule has 1 rings (SSSR count). The first-order chi connectivity index (χ1) is 5.65. The van der Waals surface area contributed by atoms with E-state index in [2.05, 4.69) is 6.58 Å². The molecule has 12 heavy (non-hydrogen) atoms. The normalized spacial score (nSPS) is 9.83. The van der Waals surface area contributed by atoms with Crippen molar-refractivity contribution in [1.29, 1.82) is 0 Å². The highest BCUT2D eigenvalue weighted by molar-refractivity contribution is 5.63. The van der Waals surface area contributed by atoms with Crippen LogP contribution in [0.1, 0.15) is 18.1 Å². The van der Waals surface area contributed by atoms with E-state index >= 15 is 0 Å². The maximum atomic E-state index is 9.23. The van der Waals surface area contributed by atoms with Crippen LogP contribution in [0, 0.1) is 0 Å². The molecule has 0 aliphatic rings. The molecule has 0 atom stereocenters. The third-order valence-electron chi connectivity index (χ3n) is 1.74. The summed E-state index contributed by atoms with van der Waals surface area (Å²) in [4.78, 5) is 0. The average molecular weight is 164 g/mol. The van der Waals surface area contributed by atoms with Crippen LogP contribution in [0.4, 0.5) is 0 Å². The molecule has 0 bridgehead atoms. The van der Waals surface area contributed by atoms with Gasteiger partial charge in [0, 0.05) is 5.56 Å². The summed E-state index contributed by atoms with van der Waals surface area (Å²) in [5, 5.41) is 18.1. The van der Waals surface area contributed by atoms with E-state index in [0.717, 1.165) is 11.1 Å². The minimum absolute atomic E-state index is 0.127. The average Bonchev–Trinajstić information content (AvgIpc) is 2.05. The van der Waals surface area contributed by atoms with Gasteiger partial charge in [0.1, 0.15) is 5.75 Å². The van der Waals surface area contributed by atoms with Crippen molar-refractivity contribution < 1.29 is 10.2 Å². The number of allylic oxidation sites excluding steroid dienone is 1. The van der Waals surface area contributed by atoms with Crippen LogP contribution in [0.5, 0.6) is 5.75 Å². The Bertz CT molecular complexity index is 303. The number of aliphatic hydroxyl groups is 1. The number of hydrogen-bond acceptors (Lipinski definition) is 2. The van der Waals surface area contributed by atoms with Crippen LogP contribution in [0.25, 0.3) is 5.57 Å². The van der Waals surface area contributed by atoms with Crippen LogP contribution >= 0.6 is 0 Å². The fourth-order valence-corrected chi connectivity index (χ4v) is 0.978. The third-order valence-corrected chi connectivity index (χ3v) is 1.74. The van der Waals surface area contributed by atoms with Gasteiger partial charge in [-0.25, -0.2) is 0 Å². The molecule has 2 N–H and O–H groups in total. The van der Waals surface area contributed by atoms with Crippen LogP contribution < -0.4 is 0 Å². The van der Waals surface area contributed by atoms with E-state index in [9.17, 15) is 5.11 Å². The molecule has 0 fully saturated rings. The predicted molar refractivity (Wildman–Crippen MR) is 48.7 cm³/mol. The van der Waals surface area contributed by atoms with E-state index in [-0.39, 0.29) is 12.4 Å². The van der Waals surface area contributed by atoms with Crippen molar-refractivity contribution in [3.63, 3.8) is 0 Å². The zero-order valence-electron chi connectivity index (χ0n) is 7.04. The van der Waals surface area contributed by atoms with Crippen LogP contribution in [-0.2, 0) is 6.61 Å². The van der Waals surface area contributed by atoms with E-state index in [1.807, 2.05) is 6.92 Å². The van der Waals surface area contributed by atoms with Gasteiger partial charge in [0.15, 0.2) is 0 Å². The van der Waals surface area contributed by atoms with Gasteiger partial charge in [-0.1, -0.05) is 18.2 Å². The van der Waals surface area contributed by atoms with Crippen LogP contribution in [-0.4, -0.2) is 10.2 Å². The molecule has 0 heterocycles. The maximum Gasteiger partial charge on any atom is 0.121 e. The summed E-state index contributed by atoms with van der Waals surface area (Å²) in [7, 11) is 0. The number of phenols is 1. The lowest BCUT2D eigenvalue weighted by molar-refractivity contribution is 0.275. The van der Waals surface area contributed by atoms with Gasteiger partial charge >= 0.3 is 0 Å². The highest BCUT2D eigenvalue weighted by Gasteiger charge is 2.01. The molecule has 1 aromatic carbocycles. The second kappa shape index (κ2) is 3.41. The summed E-state index contributed by atoms with van der Waals surface area (Å²) in [5.74, 6) is 0.127. The van der Waals surface area contributed by atoms with Gasteiger partial charge in [-0.3, -0.25) is 0 Å². The largest absolute Gasteiger partial charge is 0.508 e. The molecule has 0 radical (unpaired) electrons. The molecular weight excluding hydrogens is 152 g/mol. The maximum absolute atomic E-state index is 9.23. The van der Waals surface area contributed by atoms with Crippen molar-refractivity contribution in [3.05, 3.63) is 35.9 Å². The van der Waals surface area contributed by atoms with Gasteiger partial charge < -0.3 is 10.2 Å². The highest BCUT2D eigenvalue weighted by atomic mass is 16.3. The molecule has 0 unspecified atom stereocenters. The molecule has 2 heteroatoms. The molecule has 0 aliphatic carbocycles. The number of rotatable bonds is 2. The van der Waals surface area contributed by atoms with Gasteiger partial charge in [0.25, 0.3) is 0 Å². The first kappa shape index (κ1) is 8.81. The fraction of sp³-hybridized carbons (Fsp3) is 0.200. The SMILES string of the molecule is C=C(C)c1ccc(O)c(CO)c1. The molecule has 0 amide bonds. The zero-order chi connectivity index (χ0) is 9.14. The second-order valence-electron chi connectivity index (χ2n) is 2.78. The molecule has 0 aromatic heterocycles. The summed E-state index contributed by atoms with van der Waals surface area (Å²) in [5.41, 5.74) is 2.40. The Morgan fingerprint density at radius 3 is 2.67 bits per heavy atom. The minimum Gasteiger partial charge on any atom is -0.508 e. The van der Waals surface area contributed by atoms with Crippen molar-refractivity contribution in [2.24, 2.45) is 0 Å². The summed E-state index contributed by atoms with van der Waals surface area (Å²) < 4.78 is 0. The Morgan fingerprint density at radius 1 is 1.50 bits per heavy atom. The Labute approximate surface area is 71.8 Å². The van der Waals surface area contributed by atoms with Crippen LogP contribution in [0.15, 0.2) is 24.8 Å². The first-order valence-electron chi connectivity index (χ1n) is 3.73. The number of hydrogen-bond donors (Lipinski definition) is 2. The van der Waals surface area contributed by atoms with Gasteiger partial charge in [-0.15, -0.1) is 0 Å². The lowest BCUT2D eigenvalue weighted by Gasteiger charge is -2.04. The fourth-order valence-electron chi connectivity index (χ4n) is 0.978. The van der Waals surface area contributed by atoms with Gasteiger partial charge in [-0.2, -0.15) is 0 Å². The van der Waals surface area contributed by atoms with Gasteiger partial charge in [0.2, 0.25) is 0 Å². The molecule has 0 saturated carbocycles. The van der Waals surface area contributed by atoms with Crippen molar-refractivity contribution in [1.82, 2.24) is 0 Å². The molecule has 0 saturated heterocycles. The summed E-state index contributed by atoms with van der Waals surface area (Å²) >= 11 is 0. The summed E-state index contributed by atoms with van der Waals surface area (Å²) in [6.07, 6.45) is 0. The van der Waals surface area contributed by atoms with E-state index in [1.54, 1.807) is 18.2 Å². The molecule has 0 aliphatic heterocycles. The zero-order valence-corrected chi connectivity index (χ0v) is 7.04.